The van der Waals surface area contributed by atoms with Crippen LogP contribution in [0.5, 0.6) is 0 Å². The van der Waals surface area contributed by atoms with Gasteiger partial charge in [0, 0.05) is 10.7 Å². The van der Waals surface area contributed by atoms with E-state index >= 15 is 0 Å². The Balaban J connectivity index is 2.75. The molecule has 62 valence electrons. The minimum atomic E-state index is 0.373. The van der Waals surface area contributed by atoms with Crippen molar-refractivity contribution in [2.45, 2.75) is 5.88 Å². The van der Waals surface area contributed by atoms with Gasteiger partial charge in [-0.1, -0.05) is 0 Å². The lowest BCUT2D eigenvalue weighted by Crippen LogP contribution is -1.89. The van der Waals surface area contributed by atoms with E-state index in [1.807, 2.05) is 22.7 Å². The Labute approximate surface area is 82.5 Å². The highest BCUT2D eigenvalue weighted by Crippen LogP contribution is 2.12. The fourth-order valence-corrected chi connectivity index (χ4v) is 1.52. The summed E-state index contributed by atoms with van der Waals surface area (Å²) >= 11 is 9.02. The highest BCUT2D eigenvalue weighted by molar-refractivity contribution is 9.10. The number of halogens is 2. The van der Waals surface area contributed by atoms with Crippen molar-refractivity contribution in [2.24, 2.45) is 0 Å². The van der Waals surface area contributed by atoms with Crippen LogP contribution in [0.15, 0.2) is 22.8 Å². The second-order valence-corrected chi connectivity index (χ2v) is 3.51. The predicted molar refractivity (Wildman–Crippen MR) is 50.2 cm³/mol. The van der Waals surface area contributed by atoms with E-state index in [4.69, 9.17) is 11.6 Å². The smallest absolute Gasteiger partial charge is 0.160 e. The first kappa shape index (κ1) is 8.01. The van der Waals surface area contributed by atoms with E-state index in [1.54, 1.807) is 0 Å². The van der Waals surface area contributed by atoms with E-state index in [9.17, 15) is 0 Å². The second kappa shape index (κ2) is 3.03. The molecule has 0 aliphatic heterocycles. The van der Waals surface area contributed by atoms with Crippen molar-refractivity contribution in [3.63, 3.8) is 0 Å². The van der Waals surface area contributed by atoms with Gasteiger partial charge in [-0.05, 0) is 28.1 Å². The van der Waals surface area contributed by atoms with E-state index < -0.39 is 0 Å². The van der Waals surface area contributed by atoms with Crippen molar-refractivity contribution < 1.29 is 0 Å². The van der Waals surface area contributed by atoms with Crippen molar-refractivity contribution in [2.75, 3.05) is 0 Å². The lowest BCUT2D eigenvalue weighted by molar-refractivity contribution is 0.984. The Bertz CT molecular complexity index is 412. The summed E-state index contributed by atoms with van der Waals surface area (Å²) in [5.74, 6) is 1.13. The second-order valence-electron chi connectivity index (χ2n) is 2.33. The maximum absolute atomic E-state index is 5.66. The van der Waals surface area contributed by atoms with Gasteiger partial charge in [-0.25, -0.2) is 0 Å². The van der Waals surface area contributed by atoms with Crippen LogP contribution in [0.4, 0.5) is 0 Å². The molecule has 0 atom stereocenters. The number of alkyl halides is 1. The van der Waals surface area contributed by atoms with Crippen LogP contribution >= 0.6 is 27.5 Å². The summed E-state index contributed by atoms with van der Waals surface area (Å²) in [7, 11) is 0. The van der Waals surface area contributed by atoms with Gasteiger partial charge >= 0.3 is 0 Å². The number of pyridine rings is 1. The summed E-state index contributed by atoms with van der Waals surface area (Å²) in [6.45, 7) is 0. The summed E-state index contributed by atoms with van der Waals surface area (Å²) in [6, 6.07) is 3.80. The van der Waals surface area contributed by atoms with E-state index in [-0.39, 0.29) is 0 Å². The molecule has 5 heteroatoms. The number of fused-ring (bicyclic) bond motifs is 1. The number of nitrogens with zero attached hydrogens (tertiary/aromatic N) is 3. The Morgan fingerprint density at radius 3 is 3.00 bits per heavy atom. The molecule has 2 aromatic rings. The van der Waals surface area contributed by atoms with Crippen molar-refractivity contribution in [3.8, 4) is 0 Å². The Morgan fingerprint density at radius 2 is 2.25 bits per heavy atom. The molecule has 0 unspecified atom stereocenters. The van der Waals surface area contributed by atoms with Crippen LogP contribution in [-0.2, 0) is 5.88 Å². The fraction of sp³-hybridized carbons (Fsp3) is 0.143. The molecule has 3 nitrogen and oxygen atoms in total. The fourth-order valence-electron chi connectivity index (χ4n) is 1.00. The van der Waals surface area contributed by atoms with Gasteiger partial charge in [0.1, 0.15) is 0 Å². The monoisotopic (exact) mass is 245 g/mol. The molecular formula is C7H5BrClN3. The largest absolute Gasteiger partial charge is 0.284 e. The summed E-state index contributed by atoms with van der Waals surface area (Å²) in [5, 5.41) is 7.85. The summed E-state index contributed by atoms with van der Waals surface area (Å²) in [4.78, 5) is 0. The maximum Gasteiger partial charge on any atom is 0.160 e. The summed E-state index contributed by atoms with van der Waals surface area (Å²) < 4.78 is 2.85. The molecule has 0 spiro atoms. The highest BCUT2D eigenvalue weighted by Gasteiger charge is 2.02. The molecule has 0 amide bonds. The van der Waals surface area contributed by atoms with E-state index in [0.717, 1.165) is 15.9 Å². The minimum absolute atomic E-state index is 0.373. The quantitative estimate of drug-likeness (QED) is 0.722. The molecule has 2 heterocycles. The van der Waals surface area contributed by atoms with E-state index in [2.05, 4.69) is 26.1 Å². The standard InChI is InChI=1S/C7H5BrClN3/c8-5-1-2-6-10-11-7(3-9)12(6)4-5/h1-2,4H,3H2. The zero-order valence-electron chi connectivity index (χ0n) is 6.04. The first-order valence-electron chi connectivity index (χ1n) is 3.36. The highest BCUT2D eigenvalue weighted by atomic mass is 79.9. The van der Waals surface area contributed by atoms with Gasteiger partial charge in [-0.3, -0.25) is 4.40 Å². The number of rotatable bonds is 1. The van der Waals surface area contributed by atoms with Gasteiger partial charge in [0.15, 0.2) is 11.5 Å². The van der Waals surface area contributed by atoms with Crippen LogP contribution in [0.1, 0.15) is 5.82 Å². The summed E-state index contributed by atoms with van der Waals surface area (Å²) in [5.41, 5.74) is 0.814. The van der Waals surface area contributed by atoms with Gasteiger partial charge < -0.3 is 0 Å². The van der Waals surface area contributed by atoms with Crippen molar-refractivity contribution in [1.82, 2.24) is 14.6 Å². The van der Waals surface area contributed by atoms with Crippen LogP contribution in [-0.4, -0.2) is 14.6 Å². The Morgan fingerprint density at radius 1 is 1.42 bits per heavy atom. The Kier molecular flexibility index (Phi) is 2.02. The maximum atomic E-state index is 5.66. The average Bonchev–Trinajstić information content (AvgIpc) is 2.46. The molecule has 2 rings (SSSR count). The number of hydrogen-bond donors (Lipinski definition) is 0. The molecule has 0 radical (unpaired) electrons. The third-order valence-corrected chi connectivity index (χ3v) is 2.26. The van der Waals surface area contributed by atoms with E-state index in [1.165, 1.54) is 0 Å². The predicted octanol–water partition coefficient (Wildman–Crippen LogP) is 2.23. The molecule has 0 bridgehead atoms. The van der Waals surface area contributed by atoms with Crippen LogP contribution in [0.3, 0.4) is 0 Å². The van der Waals surface area contributed by atoms with Gasteiger partial charge in [0.2, 0.25) is 0 Å². The van der Waals surface area contributed by atoms with Gasteiger partial charge in [-0.15, -0.1) is 21.8 Å². The van der Waals surface area contributed by atoms with Gasteiger partial charge in [0.05, 0.1) is 5.88 Å². The van der Waals surface area contributed by atoms with Crippen LogP contribution in [0.25, 0.3) is 5.65 Å². The van der Waals surface area contributed by atoms with Crippen molar-refractivity contribution >= 4 is 33.2 Å². The molecule has 0 aliphatic carbocycles. The van der Waals surface area contributed by atoms with Crippen LogP contribution in [0, 0.1) is 0 Å². The molecule has 0 fully saturated rings. The molecule has 0 aliphatic rings. The average molecular weight is 246 g/mol. The molecular weight excluding hydrogens is 241 g/mol. The number of hydrogen-bond acceptors (Lipinski definition) is 2. The number of aromatic nitrogens is 3. The van der Waals surface area contributed by atoms with Crippen molar-refractivity contribution in [3.05, 3.63) is 28.6 Å². The zero-order valence-corrected chi connectivity index (χ0v) is 8.38. The Hall–Kier alpha value is -0.610. The molecule has 0 saturated carbocycles. The molecule has 2 aromatic heterocycles. The zero-order chi connectivity index (χ0) is 8.55. The van der Waals surface area contributed by atoms with Gasteiger partial charge in [0.25, 0.3) is 0 Å². The van der Waals surface area contributed by atoms with Gasteiger partial charge in [-0.2, -0.15) is 0 Å². The minimum Gasteiger partial charge on any atom is -0.284 e. The SMILES string of the molecule is ClCc1nnc2ccc(Br)cn12. The lowest BCUT2D eigenvalue weighted by atomic mass is 10.5. The first-order chi connectivity index (χ1) is 5.81. The topological polar surface area (TPSA) is 30.2 Å². The third kappa shape index (κ3) is 1.21. The van der Waals surface area contributed by atoms with Crippen LogP contribution in [0.2, 0.25) is 0 Å². The summed E-state index contributed by atoms with van der Waals surface area (Å²) in [6.07, 6.45) is 1.90. The molecule has 0 N–H and O–H groups in total. The van der Waals surface area contributed by atoms with Crippen LogP contribution < -0.4 is 0 Å². The molecule has 0 aromatic carbocycles. The van der Waals surface area contributed by atoms with E-state index in [0.29, 0.717) is 5.88 Å². The molecule has 12 heavy (non-hydrogen) atoms. The first-order valence-corrected chi connectivity index (χ1v) is 4.69. The molecule has 0 saturated heterocycles. The normalized spacial score (nSPS) is 10.8. The van der Waals surface area contributed by atoms with Crippen molar-refractivity contribution in [1.29, 1.82) is 0 Å². The lowest BCUT2D eigenvalue weighted by Gasteiger charge is -1.95. The third-order valence-electron chi connectivity index (χ3n) is 1.56.